The predicted molar refractivity (Wildman–Crippen MR) is 136 cm³/mol. The third-order valence-corrected chi connectivity index (χ3v) is 9.22. The van der Waals surface area contributed by atoms with Crippen LogP contribution in [-0.2, 0) is 29.4 Å². The van der Waals surface area contributed by atoms with E-state index in [0.717, 1.165) is 22.4 Å². The topological polar surface area (TPSA) is 81.8 Å². The molecule has 1 saturated heterocycles. The Morgan fingerprint density at radius 1 is 1.24 bits per heavy atom. The number of nitrogens with zero attached hydrogens (tertiary/aromatic N) is 4. The van der Waals surface area contributed by atoms with E-state index >= 15 is 0 Å². The maximum atomic E-state index is 13.3. The fraction of sp³-hybridized carbons (Fsp3) is 0.643. The molecule has 2 fully saturated rings. The van der Waals surface area contributed by atoms with Crippen LogP contribution in [0.2, 0.25) is 0 Å². The van der Waals surface area contributed by atoms with Gasteiger partial charge < -0.3 is 15.1 Å². The van der Waals surface area contributed by atoms with Crippen molar-refractivity contribution in [3.8, 4) is 5.75 Å². The summed E-state index contributed by atoms with van der Waals surface area (Å²) in [6.45, 7) is 4.64. The number of halogens is 3. The van der Waals surface area contributed by atoms with Crippen LogP contribution in [0.4, 0.5) is 13.2 Å². The lowest BCUT2D eigenvalue weighted by molar-refractivity contribution is -0.142. The number of hydrogen-bond acceptors (Lipinski definition) is 5. The number of amides is 1. The standard InChI is InChI=1S/C28H37F3N4O3/c1-4-26-9-11-34(24(37)17-35-15-18(2)25(32-35)28(29,30)31)12-10-27(26,38)23(33(3)16-19-5-6-19)13-20-7-8-21(36)14-22(20)26/h7-8,14-15,19,23,36,38H,4-6,9-13,16-17H2,1-3H3. The van der Waals surface area contributed by atoms with E-state index in [2.05, 4.69) is 17.0 Å². The van der Waals surface area contributed by atoms with Crippen LogP contribution in [0.15, 0.2) is 24.4 Å². The van der Waals surface area contributed by atoms with Gasteiger partial charge in [0.05, 0.1) is 5.60 Å². The number of aromatic nitrogens is 2. The molecule has 0 radical (unpaired) electrons. The molecule has 0 spiro atoms. The molecule has 208 valence electrons. The van der Waals surface area contributed by atoms with Gasteiger partial charge in [0.1, 0.15) is 12.3 Å². The molecule has 2 aromatic rings. The minimum atomic E-state index is -4.58. The minimum Gasteiger partial charge on any atom is -0.508 e. The van der Waals surface area contributed by atoms with Crippen LogP contribution < -0.4 is 0 Å². The van der Waals surface area contributed by atoms with Gasteiger partial charge >= 0.3 is 6.18 Å². The number of fused-ring (bicyclic) bond motifs is 3. The number of phenols is 1. The SMILES string of the molecule is CCC12CCN(C(=O)Cn3cc(C)c(C(F)(F)F)n3)CCC1(O)C(N(C)CC1CC1)Cc1ccc(O)cc12. The Bertz CT molecular complexity index is 1210. The molecular weight excluding hydrogens is 497 g/mol. The number of phenolic OH excluding ortho intramolecular Hbond substituents is 1. The van der Waals surface area contributed by atoms with Crippen LogP contribution in [0.1, 0.15) is 61.4 Å². The second-order valence-electron chi connectivity index (χ2n) is 11.5. The molecule has 3 unspecified atom stereocenters. The zero-order chi connectivity index (χ0) is 27.5. The van der Waals surface area contributed by atoms with E-state index in [1.165, 1.54) is 26.0 Å². The van der Waals surface area contributed by atoms with Gasteiger partial charge in [-0.05, 0) is 87.2 Å². The first-order chi connectivity index (χ1) is 17.9. The van der Waals surface area contributed by atoms with E-state index in [1.54, 1.807) is 17.0 Å². The molecule has 7 nitrogen and oxygen atoms in total. The average molecular weight is 535 g/mol. The largest absolute Gasteiger partial charge is 0.508 e. The number of likely N-dealkylation sites (tertiary alicyclic amines) is 1. The van der Waals surface area contributed by atoms with Crippen molar-refractivity contribution < 1.29 is 28.2 Å². The molecule has 2 aliphatic carbocycles. The molecule has 1 aliphatic heterocycles. The first-order valence-electron chi connectivity index (χ1n) is 13.5. The fourth-order valence-electron chi connectivity index (χ4n) is 7.02. The summed E-state index contributed by atoms with van der Waals surface area (Å²) in [5.74, 6) is 0.466. The molecule has 2 N–H and O–H groups in total. The van der Waals surface area contributed by atoms with Crippen molar-refractivity contribution in [1.82, 2.24) is 19.6 Å². The summed E-state index contributed by atoms with van der Waals surface area (Å²) in [7, 11) is 2.07. The smallest absolute Gasteiger partial charge is 0.435 e. The van der Waals surface area contributed by atoms with Crippen molar-refractivity contribution in [2.75, 3.05) is 26.7 Å². The van der Waals surface area contributed by atoms with Crippen molar-refractivity contribution in [2.24, 2.45) is 5.92 Å². The van der Waals surface area contributed by atoms with E-state index in [4.69, 9.17) is 0 Å². The Labute approximate surface area is 221 Å². The first-order valence-corrected chi connectivity index (χ1v) is 13.5. The van der Waals surface area contributed by atoms with Crippen LogP contribution in [0, 0.1) is 12.8 Å². The summed E-state index contributed by atoms with van der Waals surface area (Å²) in [4.78, 5) is 17.2. The quantitative estimate of drug-likeness (QED) is 0.588. The summed E-state index contributed by atoms with van der Waals surface area (Å²) in [5.41, 5.74) is -0.789. The van der Waals surface area contributed by atoms with E-state index in [-0.39, 0.29) is 29.8 Å². The summed E-state index contributed by atoms with van der Waals surface area (Å²) in [6, 6.07) is 5.26. The Morgan fingerprint density at radius 3 is 2.58 bits per heavy atom. The van der Waals surface area contributed by atoms with E-state index in [0.29, 0.717) is 44.7 Å². The second-order valence-corrected chi connectivity index (χ2v) is 11.5. The molecule has 0 bridgehead atoms. The van der Waals surface area contributed by atoms with Gasteiger partial charge in [-0.3, -0.25) is 14.4 Å². The van der Waals surface area contributed by atoms with Gasteiger partial charge in [0.15, 0.2) is 5.69 Å². The molecule has 3 aliphatic rings. The van der Waals surface area contributed by atoms with E-state index in [1.807, 2.05) is 13.0 Å². The van der Waals surface area contributed by atoms with Gasteiger partial charge in [-0.15, -0.1) is 0 Å². The number of rotatable bonds is 6. The number of alkyl halides is 3. The summed E-state index contributed by atoms with van der Waals surface area (Å²) in [6.07, 6.45) is 1.18. The van der Waals surface area contributed by atoms with Gasteiger partial charge in [-0.2, -0.15) is 18.3 Å². The first kappa shape index (κ1) is 27.0. The molecule has 2 heterocycles. The molecule has 1 saturated carbocycles. The van der Waals surface area contributed by atoms with Crippen LogP contribution in [0.5, 0.6) is 5.75 Å². The Balaban J connectivity index is 1.45. The van der Waals surface area contributed by atoms with E-state index in [9.17, 15) is 28.2 Å². The molecule has 1 amide bonds. The Kier molecular flexibility index (Phi) is 6.79. The maximum Gasteiger partial charge on any atom is 0.435 e. The van der Waals surface area contributed by atoms with Crippen molar-refractivity contribution in [2.45, 2.75) is 82.2 Å². The monoisotopic (exact) mass is 534 g/mol. The lowest BCUT2D eigenvalue weighted by Gasteiger charge is -2.56. The molecular formula is C28H37F3N4O3. The highest BCUT2D eigenvalue weighted by Crippen LogP contribution is 2.54. The van der Waals surface area contributed by atoms with Crippen LogP contribution in [0.3, 0.4) is 0 Å². The summed E-state index contributed by atoms with van der Waals surface area (Å²) >= 11 is 0. The fourth-order valence-corrected chi connectivity index (χ4v) is 7.02. The lowest BCUT2D eigenvalue weighted by atomic mass is 9.54. The van der Waals surface area contributed by atoms with Crippen molar-refractivity contribution in [3.05, 3.63) is 46.8 Å². The highest BCUT2D eigenvalue weighted by molar-refractivity contribution is 5.76. The predicted octanol–water partition coefficient (Wildman–Crippen LogP) is 3.88. The molecule has 38 heavy (non-hydrogen) atoms. The third-order valence-electron chi connectivity index (χ3n) is 9.22. The van der Waals surface area contributed by atoms with Gasteiger partial charge in [0.25, 0.3) is 0 Å². The Morgan fingerprint density at radius 2 is 1.95 bits per heavy atom. The lowest BCUT2D eigenvalue weighted by Crippen LogP contribution is -2.66. The normalized spacial score (nSPS) is 27.7. The number of hydrogen-bond donors (Lipinski definition) is 2. The molecule has 5 rings (SSSR count). The summed E-state index contributed by atoms with van der Waals surface area (Å²) < 4.78 is 40.7. The summed E-state index contributed by atoms with van der Waals surface area (Å²) in [5, 5.41) is 26.6. The number of benzene rings is 1. The number of aromatic hydroxyl groups is 1. The van der Waals surface area contributed by atoms with Gasteiger partial charge in [0.2, 0.25) is 5.91 Å². The zero-order valence-corrected chi connectivity index (χ0v) is 22.3. The number of aryl methyl sites for hydroxylation is 1. The maximum absolute atomic E-state index is 13.3. The molecule has 10 heteroatoms. The molecule has 1 aromatic heterocycles. The Hall–Kier alpha value is -2.59. The van der Waals surface area contributed by atoms with Crippen LogP contribution in [-0.4, -0.2) is 74.0 Å². The number of carbonyl (C=O) groups excluding carboxylic acids is 1. The number of aliphatic hydroxyl groups is 1. The van der Waals surface area contributed by atoms with Gasteiger partial charge in [-0.25, -0.2) is 0 Å². The van der Waals surface area contributed by atoms with Crippen LogP contribution in [0.25, 0.3) is 0 Å². The number of carbonyl (C=O) groups is 1. The number of likely N-dealkylation sites (N-methyl/N-ethyl adjacent to an activating group) is 1. The minimum absolute atomic E-state index is 0.0237. The van der Waals surface area contributed by atoms with Crippen molar-refractivity contribution in [3.63, 3.8) is 0 Å². The second kappa shape index (κ2) is 9.55. The average Bonchev–Trinajstić information content (AvgIpc) is 3.60. The van der Waals surface area contributed by atoms with Crippen molar-refractivity contribution in [1.29, 1.82) is 0 Å². The van der Waals surface area contributed by atoms with Gasteiger partial charge in [-0.1, -0.05) is 13.0 Å². The van der Waals surface area contributed by atoms with E-state index < -0.39 is 22.9 Å². The molecule has 3 atom stereocenters. The highest BCUT2D eigenvalue weighted by atomic mass is 19.4. The molecule has 1 aromatic carbocycles. The zero-order valence-electron chi connectivity index (χ0n) is 22.3. The third kappa shape index (κ3) is 4.59. The highest BCUT2D eigenvalue weighted by Gasteiger charge is 2.60. The van der Waals surface area contributed by atoms with Crippen molar-refractivity contribution >= 4 is 5.91 Å². The van der Waals surface area contributed by atoms with Gasteiger partial charge in [0, 0.05) is 37.3 Å². The van der Waals surface area contributed by atoms with Crippen LogP contribution >= 0.6 is 0 Å².